The first-order chi connectivity index (χ1) is 13.7. The molecule has 1 heterocycles. The first kappa shape index (κ1) is 19.8. The normalized spacial score (nSPS) is 10.8. The zero-order valence-electron chi connectivity index (χ0n) is 16.4. The summed E-state index contributed by atoms with van der Waals surface area (Å²) in [6.45, 7) is 3.30. The number of fused-ring (bicyclic) bond motifs is 1. The molecule has 0 aliphatic heterocycles. The Morgan fingerprint density at radius 3 is 2.61 bits per heavy atom. The molecule has 0 atom stereocenters. The van der Waals surface area contributed by atoms with Gasteiger partial charge in [0.15, 0.2) is 17.3 Å². The van der Waals surface area contributed by atoms with Crippen molar-refractivity contribution >= 4 is 16.9 Å². The second kappa shape index (κ2) is 9.28. The first-order valence-corrected chi connectivity index (χ1v) is 9.25. The molecule has 0 unspecified atom stereocenters. The fraction of sp³-hybridized carbons (Fsp3) is 0.318. The lowest BCUT2D eigenvalue weighted by atomic mass is 10.1. The zero-order chi connectivity index (χ0) is 19.9. The number of carbonyl (C=O) groups is 1. The highest BCUT2D eigenvalue weighted by Gasteiger charge is 2.20. The number of amides is 1. The molecule has 1 N–H and O–H groups in total. The molecule has 3 rings (SSSR count). The van der Waals surface area contributed by atoms with Gasteiger partial charge in [-0.15, -0.1) is 0 Å². The number of benzene rings is 2. The van der Waals surface area contributed by atoms with Crippen LogP contribution in [0.4, 0.5) is 0 Å². The maximum absolute atomic E-state index is 12.7. The SMILES string of the molecule is CCOCc1c(C(=O)NCCc2ccc(OC)c(OC)c2)oc2ccccc12. The number of carbonyl (C=O) groups excluding carboxylic acids is 1. The maximum Gasteiger partial charge on any atom is 0.287 e. The Morgan fingerprint density at radius 1 is 1.07 bits per heavy atom. The van der Waals surface area contributed by atoms with Crippen LogP contribution in [0.15, 0.2) is 46.9 Å². The number of ether oxygens (including phenoxy) is 3. The molecule has 28 heavy (non-hydrogen) atoms. The molecule has 0 bridgehead atoms. The van der Waals surface area contributed by atoms with Gasteiger partial charge in [-0.1, -0.05) is 24.3 Å². The van der Waals surface area contributed by atoms with Crippen molar-refractivity contribution in [1.29, 1.82) is 0 Å². The minimum Gasteiger partial charge on any atom is -0.493 e. The predicted octanol–water partition coefficient (Wildman–Crippen LogP) is 3.96. The Hall–Kier alpha value is -2.99. The molecule has 6 heteroatoms. The van der Waals surface area contributed by atoms with Crippen LogP contribution < -0.4 is 14.8 Å². The average molecular weight is 383 g/mol. The van der Waals surface area contributed by atoms with E-state index in [0.717, 1.165) is 16.5 Å². The van der Waals surface area contributed by atoms with Crippen molar-refractivity contribution < 1.29 is 23.4 Å². The van der Waals surface area contributed by atoms with Gasteiger partial charge in [0.2, 0.25) is 0 Å². The molecule has 0 aliphatic carbocycles. The van der Waals surface area contributed by atoms with Crippen LogP contribution in [0.3, 0.4) is 0 Å². The molecule has 1 aromatic heterocycles. The molecular weight excluding hydrogens is 358 g/mol. The van der Waals surface area contributed by atoms with Gasteiger partial charge in [0, 0.05) is 24.1 Å². The minimum atomic E-state index is -0.244. The number of nitrogens with one attached hydrogen (secondary N) is 1. The molecule has 0 radical (unpaired) electrons. The Bertz CT molecular complexity index is 947. The van der Waals surface area contributed by atoms with E-state index >= 15 is 0 Å². The highest BCUT2D eigenvalue weighted by Crippen LogP contribution is 2.28. The van der Waals surface area contributed by atoms with Gasteiger partial charge in [0.25, 0.3) is 5.91 Å². The summed E-state index contributed by atoms with van der Waals surface area (Å²) in [7, 11) is 3.20. The Balaban J connectivity index is 1.70. The number of hydrogen-bond donors (Lipinski definition) is 1. The standard InChI is InChI=1S/C22H25NO5/c1-4-27-14-17-16-7-5-6-8-18(16)28-21(17)22(24)23-12-11-15-9-10-19(25-2)20(13-15)26-3/h5-10,13H,4,11-12,14H2,1-3H3,(H,23,24). The lowest BCUT2D eigenvalue weighted by molar-refractivity contribution is 0.0915. The van der Waals surface area contributed by atoms with Gasteiger partial charge < -0.3 is 23.9 Å². The largest absolute Gasteiger partial charge is 0.493 e. The molecule has 0 saturated heterocycles. The summed E-state index contributed by atoms with van der Waals surface area (Å²) < 4.78 is 21.9. The van der Waals surface area contributed by atoms with E-state index in [0.29, 0.717) is 49.0 Å². The van der Waals surface area contributed by atoms with Gasteiger partial charge in [-0.25, -0.2) is 0 Å². The van der Waals surface area contributed by atoms with E-state index in [1.165, 1.54) is 0 Å². The first-order valence-electron chi connectivity index (χ1n) is 9.25. The van der Waals surface area contributed by atoms with Crippen molar-refractivity contribution in [2.24, 2.45) is 0 Å². The monoisotopic (exact) mass is 383 g/mol. The molecule has 0 saturated carbocycles. The third-order valence-electron chi connectivity index (χ3n) is 4.50. The lowest BCUT2D eigenvalue weighted by Gasteiger charge is -2.10. The molecule has 2 aromatic carbocycles. The van der Waals surface area contributed by atoms with Gasteiger partial charge in [-0.05, 0) is 37.1 Å². The van der Waals surface area contributed by atoms with Crippen LogP contribution in [0.2, 0.25) is 0 Å². The highest BCUT2D eigenvalue weighted by atomic mass is 16.5. The second-order valence-electron chi connectivity index (χ2n) is 6.24. The maximum atomic E-state index is 12.7. The zero-order valence-corrected chi connectivity index (χ0v) is 16.4. The van der Waals surface area contributed by atoms with Gasteiger partial charge in [0.05, 0.1) is 20.8 Å². The number of methoxy groups -OCH3 is 2. The minimum absolute atomic E-state index is 0.244. The molecular formula is C22H25NO5. The fourth-order valence-electron chi connectivity index (χ4n) is 3.07. The second-order valence-corrected chi connectivity index (χ2v) is 6.24. The molecule has 0 spiro atoms. The Morgan fingerprint density at radius 2 is 1.86 bits per heavy atom. The van der Waals surface area contributed by atoms with Gasteiger partial charge >= 0.3 is 0 Å². The number of furan rings is 1. The number of para-hydroxylation sites is 1. The van der Waals surface area contributed by atoms with Crippen molar-refractivity contribution in [2.75, 3.05) is 27.4 Å². The van der Waals surface area contributed by atoms with Crippen molar-refractivity contribution in [3.05, 3.63) is 59.4 Å². The average Bonchev–Trinajstić information content (AvgIpc) is 3.10. The Labute approximate surface area is 164 Å². The van der Waals surface area contributed by atoms with Crippen molar-refractivity contribution in [2.45, 2.75) is 20.0 Å². The molecule has 0 aliphatic rings. The van der Waals surface area contributed by atoms with Crippen LogP contribution in [0.1, 0.15) is 28.6 Å². The Kier molecular flexibility index (Phi) is 6.55. The summed E-state index contributed by atoms with van der Waals surface area (Å²) in [6.07, 6.45) is 0.660. The third kappa shape index (κ3) is 4.28. The van der Waals surface area contributed by atoms with E-state index < -0.39 is 0 Å². The smallest absolute Gasteiger partial charge is 0.287 e. The van der Waals surface area contributed by atoms with Gasteiger partial charge in [-0.3, -0.25) is 4.79 Å². The van der Waals surface area contributed by atoms with E-state index in [1.54, 1.807) is 14.2 Å². The molecule has 0 fully saturated rings. The molecule has 6 nitrogen and oxygen atoms in total. The van der Waals surface area contributed by atoms with Crippen molar-refractivity contribution in [3.63, 3.8) is 0 Å². The summed E-state index contributed by atoms with van der Waals surface area (Å²) in [5, 5.41) is 3.83. The van der Waals surface area contributed by atoms with Crippen LogP contribution >= 0.6 is 0 Å². The van der Waals surface area contributed by atoms with E-state index in [2.05, 4.69) is 5.32 Å². The van der Waals surface area contributed by atoms with Gasteiger partial charge in [0.1, 0.15) is 5.58 Å². The van der Waals surface area contributed by atoms with E-state index in [-0.39, 0.29) is 5.91 Å². The van der Waals surface area contributed by atoms with Crippen molar-refractivity contribution in [1.82, 2.24) is 5.32 Å². The molecule has 3 aromatic rings. The number of hydrogen-bond acceptors (Lipinski definition) is 5. The van der Waals surface area contributed by atoms with E-state index in [4.69, 9.17) is 18.6 Å². The van der Waals surface area contributed by atoms with Crippen LogP contribution in [0.5, 0.6) is 11.5 Å². The third-order valence-corrected chi connectivity index (χ3v) is 4.50. The topological polar surface area (TPSA) is 69.9 Å². The van der Waals surface area contributed by atoms with Crippen LogP contribution in [-0.4, -0.2) is 33.3 Å². The quantitative estimate of drug-likeness (QED) is 0.606. The van der Waals surface area contributed by atoms with Crippen molar-refractivity contribution in [3.8, 4) is 11.5 Å². The van der Waals surface area contributed by atoms with Gasteiger partial charge in [-0.2, -0.15) is 0 Å². The number of rotatable bonds is 9. The lowest BCUT2D eigenvalue weighted by Crippen LogP contribution is -2.26. The molecule has 1 amide bonds. The summed E-state index contributed by atoms with van der Waals surface area (Å²) in [4.78, 5) is 12.7. The fourth-order valence-corrected chi connectivity index (χ4v) is 3.07. The summed E-state index contributed by atoms with van der Waals surface area (Å²) in [5.74, 6) is 1.41. The predicted molar refractivity (Wildman–Crippen MR) is 107 cm³/mol. The summed E-state index contributed by atoms with van der Waals surface area (Å²) >= 11 is 0. The highest BCUT2D eigenvalue weighted by molar-refractivity contribution is 5.99. The van der Waals surface area contributed by atoms with Crippen LogP contribution in [-0.2, 0) is 17.8 Å². The van der Waals surface area contributed by atoms with Crippen LogP contribution in [0.25, 0.3) is 11.0 Å². The molecule has 148 valence electrons. The van der Waals surface area contributed by atoms with E-state index in [1.807, 2.05) is 49.4 Å². The summed E-state index contributed by atoms with van der Waals surface area (Å²) in [5.41, 5.74) is 2.50. The van der Waals surface area contributed by atoms with Crippen LogP contribution in [0, 0.1) is 0 Å². The summed E-state index contributed by atoms with van der Waals surface area (Å²) in [6, 6.07) is 13.3. The van der Waals surface area contributed by atoms with E-state index in [9.17, 15) is 4.79 Å².